The second kappa shape index (κ2) is 9.14. The lowest BCUT2D eigenvalue weighted by atomic mass is 10.1. The van der Waals surface area contributed by atoms with E-state index in [-0.39, 0.29) is 0 Å². The number of rotatable bonds is 10. The summed E-state index contributed by atoms with van der Waals surface area (Å²) in [6, 6.07) is 11.1. The highest BCUT2D eigenvalue weighted by atomic mass is 15.3. The minimum absolute atomic E-state index is 1.15. The van der Waals surface area contributed by atoms with Crippen LogP contribution in [-0.2, 0) is 0 Å². The van der Waals surface area contributed by atoms with Crippen LogP contribution in [0, 0.1) is 0 Å². The number of quaternary nitrogens is 1. The van der Waals surface area contributed by atoms with Crippen LogP contribution in [0.4, 0.5) is 5.69 Å². The quantitative estimate of drug-likeness (QED) is 0.391. The van der Waals surface area contributed by atoms with Gasteiger partial charge in [-0.2, -0.15) is 0 Å². The summed E-state index contributed by atoms with van der Waals surface area (Å²) in [5.41, 5.74) is 1.49. The molecule has 0 spiro atoms. The van der Waals surface area contributed by atoms with Crippen LogP contribution in [-0.4, -0.2) is 19.6 Å². The van der Waals surface area contributed by atoms with E-state index >= 15 is 0 Å². The zero-order chi connectivity index (χ0) is 14.0. The van der Waals surface area contributed by atoms with E-state index in [1.807, 2.05) is 0 Å². The summed E-state index contributed by atoms with van der Waals surface area (Å²) in [7, 11) is 0. The van der Waals surface area contributed by atoms with Crippen LogP contribution in [0.1, 0.15) is 59.3 Å². The molecule has 0 fully saturated rings. The van der Waals surface area contributed by atoms with Crippen molar-refractivity contribution in [3.05, 3.63) is 30.3 Å². The number of para-hydroxylation sites is 1. The lowest BCUT2D eigenvalue weighted by Gasteiger charge is -2.36. The molecule has 0 atom stereocenters. The van der Waals surface area contributed by atoms with Crippen molar-refractivity contribution in [2.45, 2.75) is 59.3 Å². The first kappa shape index (κ1) is 16.2. The Morgan fingerprint density at radius 2 is 1.32 bits per heavy atom. The van der Waals surface area contributed by atoms with Gasteiger partial charge in [0.15, 0.2) is 0 Å². The van der Waals surface area contributed by atoms with Gasteiger partial charge in [0.25, 0.3) is 0 Å². The van der Waals surface area contributed by atoms with E-state index in [1.165, 1.54) is 63.8 Å². The van der Waals surface area contributed by atoms with Crippen molar-refractivity contribution in [2.75, 3.05) is 19.6 Å². The number of unbranched alkanes of at least 4 members (excludes halogenated alkanes) is 5. The number of nitrogens with zero attached hydrogens (tertiary/aromatic N) is 1. The van der Waals surface area contributed by atoms with Crippen LogP contribution in [0.25, 0.3) is 0 Å². The second-order valence-electron chi connectivity index (χ2n) is 5.60. The minimum atomic E-state index is 1.15. The lowest BCUT2D eigenvalue weighted by molar-refractivity contribution is 0.291. The van der Waals surface area contributed by atoms with Crippen molar-refractivity contribution in [1.29, 1.82) is 0 Å². The molecule has 0 unspecified atom stereocenters. The Morgan fingerprint density at radius 1 is 0.737 bits per heavy atom. The maximum atomic E-state index is 2.33. The molecule has 0 radical (unpaired) electrons. The largest absolute Gasteiger partial charge is 0.292 e. The molecule has 19 heavy (non-hydrogen) atoms. The molecule has 0 amide bonds. The summed E-state index contributed by atoms with van der Waals surface area (Å²) in [6.07, 6.45) is 8.33. The van der Waals surface area contributed by atoms with E-state index in [0.29, 0.717) is 0 Å². The zero-order valence-corrected chi connectivity index (χ0v) is 13.2. The van der Waals surface area contributed by atoms with Gasteiger partial charge in [-0.1, -0.05) is 50.8 Å². The Bertz CT molecular complexity index is 314. The van der Waals surface area contributed by atoms with Gasteiger partial charge in [-0.05, 0) is 38.8 Å². The molecule has 1 nitrogen and oxygen atoms in total. The Balaban J connectivity index is 2.48. The Hall–Kier alpha value is -0.820. The van der Waals surface area contributed by atoms with E-state index in [1.54, 1.807) is 0 Å². The zero-order valence-electron chi connectivity index (χ0n) is 13.2. The van der Waals surface area contributed by atoms with E-state index in [9.17, 15) is 0 Å². The molecule has 0 saturated carbocycles. The van der Waals surface area contributed by atoms with Gasteiger partial charge < -0.3 is 0 Å². The van der Waals surface area contributed by atoms with Crippen molar-refractivity contribution < 1.29 is 0 Å². The van der Waals surface area contributed by atoms with Gasteiger partial charge in [-0.15, -0.1) is 0 Å². The van der Waals surface area contributed by atoms with E-state index < -0.39 is 0 Å². The molecule has 0 aliphatic rings. The highest BCUT2D eigenvalue weighted by molar-refractivity contribution is 5.42. The third-order valence-corrected chi connectivity index (χ3v) is 4.45. The van der Waals surface area contributed by atoms with Gasteiger partial charge in [0, 0.05) is 0 Å². The molecule has 1 aromatic rings. The van der Waals surface area contributed by atoms with Gasteiger partial charge in [-0.3, -0.25) is 4.48 Å². The van der Waals surface area contributed by atoms with Crippen LogP contribution in [0.3, 0.4) is 0 Å². The van der Waals surface area contributed by atoms with Crippen molar-refractivity contribution in [1.82, 2.24) is 4.48 Å². The number of hydrogen-bond acceptors (Lipinski definition) is 0. The standard InChI is InChI=1S/C18H32N/c1-4-7-8-9-10-14-17-19(5-2,6-3)18-15-12-11-13-16-18/h11-13,15-16H,4-10,14,17H2,1-3H3/q+1. The Kier molecular flexibility index (Phi) is 7.81. The molecule has 1 aromatic carbocycles. The predicted molar refractivity (Wildman–Crippen MR) is 87.6 cm³/mol. The third kappa shape index (κ3) is 4.99. The smallest absolute Gasteiger partial charge is 0.132 e. The van der Waals surface area contributed by atoms with Crippen LogP contribution in [0.2, 0.25) is 0 Å². The molecule has 1 rings (SSSR count). The van der Waals surface area contributed by atoms with Gasteiger partial charge >= 0.3 is 0 Å². The SMILES string of the molecule is CCCCCCCC[N+](CC)(CC)c1ccccc1. The highest BCUT2D eigenvalue weighted by Gasteiger charge is 2.25. The van der Waals surface area contributed by atoms with Crippen molar-refractivity contribution >= 4 is 5.69 Å². The molecule has 0 aliphatic carbocycles. The van der Waals surface area contributed by atoms with Gasteiger partial charge in [0.05, 0.1) is 19.6 Å². The average molecular weight is 262 g/mol. The first-order valence-electron chi connectivity index (χ1n) is 8.20. The van der Waals surface area contributed by atoms with Crippen molar-refractivity contribution in [3.8, 4) is 0 Å². The topological polar surface area (TPSA) is 0 Å². The van der Waals surface area contributed by atoms with Crippen LogP contribution in [0.5, 0.6) is 0 Å². The molecule has 0 saturated heterocycles. The van der Waals surface area contributed by atoms with Crippen LogP contribution < -0.4 is 4.48 Å². The third-order valence-electron chi connectivity index (χ3n) is 4.45. The van der Waals surface area contributed by atoms with Gasteiger partial charge in [0.1, 0.15) is 5.69 Å². The summed E-state index contributed by atoms with van der Waals surface area (Å²) >= 11 is 0. The Morgan fingerprint density at radius 3 is 1.89 bits per heavy atom. The predicted octanol–water partition coefficient (Wildman–Crippen LogP) is 5.39. The molecular weight excluding hydrogens is 230 g/mol. The van der Waals surface area contributed by atoms with Crippen LogP contribution >= 0.6 is 0 Å². The fraction of sp³-hybridized carbons (Fsp3) is 0.667. The minimum Gasteiger partial charge on any atom is -0.292 e. The van der Waals surface area contributed by atoms with Crippen LogP contribution in [0.15, 0.2) is 30.3 Å². The first-order valence-corrected chi connectivity index (χ1v) is 8.20. The normalized spacial score (nSPS) is 11.7. The van der Waals surface area contributed by atoms with E-state index in [0.717, 1.165) is 4.48 Å². The van der Waals surface area contributed by atoms with E-state index in [4.69, 9.17) is 0 Å². The molecule has 0 heterocycles. The van der Waals surface area contributed by atoms with E-state index in [2.05, 4.69) is 51.1 Å². The number of hydrogen-bond donors (Lipinski definition) is 0. The fourth-order valence-corrected chi connectivity index (χ4v) is 2.97. The average Bonchev–Trinajstić information content (AvgIpc) is 2.48. The first-order chi connectivity index (χ1) is 9.29. The summed E-state index contributed by atoms with van der Waals surface area (Å²) in [5, 5.41) is 0. The summed E-state index contributed by atoms with van der Waals surface area (Å²) in [5.74, 6) is 0. The van der Waals surface area contributed by atoms with Crippen molar-refractivity contribution in [3.63, 3.8) is 0 Å². The summed E-state index contributed by atoms with van der Waals surface area (Å²) in [6.45, 7) is 10.6. The summed E-state index contributed by atoms with van der Waals surface area (Å²) < 4.78 is 1.15. The second-order valence-corrected chi connectivity index (χ2v) is 5.60. The maximum absolute atomic E-state index is 2.33. The molecule has 0 aliphatic heterocycles. The van der Waals surface area contributed by atoms with Gasteiger partial charge in [0.2, 0.25) is 0 Å². The Labute approximate surface area is 120 Å². The number of benzene rings is 1. The van der Waals surface area contributed by atoms with Gasteiger partial charge in [-0.25, -0.2) is 0 Å². The molecule has 0 bridgehead atoms. The highest BCUT2D eigenvalue weighted by Crippen LogP contribution is 2.23. The lowest BCUT2D eigenvalue weighted by Crippen LogP contribution is -2.49. The molecule has 108 valence electrons. The summed E-state index contributed by atoms with van der Waals surface area (Å²) in [4.78, 5) is 0. The molecular formula is C18H32N+. The maximum Gasteiger partial charge on any atom is 0.132 e. The van der Waals surface area contributed by atoms with Crippen molar-refractivity contribution in [2.24, 2.45) is 0 Å². The fourth-order valence-electron chi connectivity index (χ4n) is 2.97. The molecule has 0 N–H and O–H groups in total. The monoisotopic (exact) mass is 262 g/mol. The molecule has 1 heteroatoms. The molecule has 0 aromatic heterocycles.